The third-order valence-corrected chi connectivity index (χ3v) is 5.79. The first-order chi connectivity index (χ1) is 15.7. The third-order valence-electron chi connectivity index (χ3n) is 5.79. The smallest absolute Gasteiger partial charge is 0.161 e. The van der Waals surface area contributed by atoms with E-state index in [2.05, 4.69) is 67.7 Å². The molecule has 32 heavy (non-hydrogen) atoms. The van der Waals surface area contributed by atoms with Gasteiger partial charge in [-0.05, 0) is 38.0 Å². The first-order valence-electron chi connectivity index (χ1n) is 11.4. The molecule has 1 aliphatic heterocycles. The van der Waals surface area contributed by atoms with Gasteiger partial charge in [-0.3, -0.25) is 4.99 Å². The van der Waals surface area contributed by atoms with E-state index in [1.165, 1.54) is 5.56 Å². The van der Waals surface area contributed by atoms with E-state index >= 15 is 0 Å². The van der Waals surface area contributed by atoms with Gasteiger partial charge in [0, 0.05) is 12.0 Å². The summed E-state index contributed by atoms with van der Waals surface area (Å²) in [7, 11) is 0. The van der Waals surface area contributed by atoms with Gasteiger partial charge in [-0.2, -0.15) is 0 Å². The van der Waals surface area contributed by atoms with E-state index in [9.17, 15) is 0 Å². The normalized spacial score (nSPS) is 21.8. The van der Waals surface area contributed by atoms with Gasteiger partial charge in [0.05, 0.1) is 12.6 Å². The van der Waals surface area contributed by atoms with Crippen molar-refractivity contribution in [3.8, 4) is 11.5 Å². The lowest BCUT2D eigenvalue weighted by Crippen LogP contribution is -2.37. The maximum Gasteiger partial charge on any atom is 0.161 e. The molecule has 2 aromatic rings. The lowest BCUT2D eigenvalue weighted by molar-refractivity contribution is 0.0193. The standard InChI is InChI=1S/C27H32N2O3/c1-20(22-11-5-3-6-12-22)28-27(29-21(2)23-13-7-4-8-14-23)19-30-17-24-18-31-25-15-9-10-16-26(25)32-24/h3-13,15-16,20-21,23-24H,14,17-19H2,1-2H3,(H,28,29)/t20-,21-,23?,24?/m0/s1. The van der Waals surface area contributed by atoms with Crippen LogP contribution in [0.4, 0.5) is 0 Å². The summed E-state index contributed by atoms with van der Waals surface area (Å²) in [5.41, 5.74) is 1.22. The highest BCUT2D eigenvalue weighted by molar-refractivity contribution is 5.84. The quantitative estimate of drug-likeness (QED) is 0.465. The van der Waals surface area contributed by atoms with Crippen LogP contribution in [0.2, 0.25) is 0 Å². The Hall–Kier alpha value is -3.05. The topological polar surface area (TPSA) is 52.1 Å². The molecule has 0 amide bonds. The summed E-state index contributed by atoms with van der Waals surface area (Å²) in [4.78, 5) is 5.01. The van der Waals surface area contributed by atoms with Gasteiger partial charge >= 0.3 is 0 Å². The number of nitrogens with one attached hydrogen (secondary N) is 1. The molecule has 0 bridgehead atoms. The maximum absolute atomic E-state index is 6.05. The maximum atomic E-state index is 6.05. The number of para-hydroxylation sites is 2. The summed E-state index contributed by atoms with van der Waals surface area (Å²) < 4.78 is 17.9. The summed E-state index contributed by atoms with van der Waals surface area (Å²) in [6, 6.07) is 18.4. The largest absolute Gasteiger partial charge is 0.486 e. The van der Waals surface area contributed by atoms with E-state index < -0.39 is 0 Å². The van der Waals surface area contributed by atoms with Gasteiger partial charge in [-0.1, -0.05) is 66.8 Å². The predicted octanol–water partition coefficient (Wildman–Crippen LogP) is 5.11. The van der Waals surface area contributed by atoms with E-state index in [4.69, 9.17) is 19.2 Å². The zero-order chi connectivity index (χ0) is 22.2. The van der Waals surface area contributed by atoms with Gasteiger partial charge in [0.2, 0.25) is 0 Å². The van der Waals surface area contributed by atoms with Crippen molar-refractivity contribution < 1.29 is 14.2 Å². The van der Waals surface area contributed by atoms with Crippen LogP contribution >= 0.6 is 0 Å². The summed E-state index contributed by atoms with van der Waals surface area (Å²) in [6.45, 7) is 5.63. The molecule has 0 saturated heterocycles. The second-order valence-electron chi connectivity index (χ2n) is 8.32. The summed E-state index contributed by atoms with van der Waals surface area (Å²) in [5, 5.41) is 3.57. The first kappa shape index (κ1) is 22.2. The van der Waals surface area contributed by atoms with Crippen molar-refractivity contribution in [1.29, 1.82) is 0 Å². The Kier molecular flexibility index (Phi) is 7.62. The molecule has 5 nitrogen and oxygen atoms in total. The number of hydrogen-bond acceptors (Lipinski definition) is 4. The summed E-state index contributed by atoms with van der Waals surface area (Å²) in [5.74, 6) is 2.81. The Labute approximate surface area is 190 Å². The molecule has 1 heterocycles. The molecular weight excluding hydrogens is 400 g/mol. The molecule has 0 saturated carbocycles. The molecule has 5 heteroatoms. The van der Waals surface area contributed by atoms with Crippen molar-refractivity contribution >= 4 is 5.84 Å². The number of allylic oxidation sites excluding steroid dienone is 3. The van der Waals surface area contributed by atoms with E-state index in [1.54, 1.807) is 0 Å². The average Bonchev–Trinajstić information content (AvgIpc) is 2.85. The molecule has 4 rings (SSSR count). The van der Waals surface area contributed by atoms with Gasteiger partial charge < -0.3 is 19.5 Å². The second-order valence-corrected chi connectivity index (χ2v) is 8.32. The number of hydrogen-bond donors (Lipinski definition) is 1. The number of benzene rings is 2. The molecule has 4 atom stereocenters. The Morgan fingerprint density at radius 1 is 1.06 bits per heavy atom. The fourth-order valence-corrected chi connectivity index (χ4v) is 3.92. The molecule has 0 spiro atoms. The Morgan fingerprint density at radius 3 is 2.62 bits per heavy atom. The number of fused-ring (bicyclic) bond motifs is 1. The van der Waals surface area contributed by atoms with Crippen LogP contribution in [0.5, 0.6) is 11.5 Å². The summed E-state index contributed by atoms with van der Waals surface area (Å²) in [6.07, 6.45) is 9.51. The van der Waals surface area contributed by atoms with Gasteiger partial charge in [0.25, 0.3) is 0 Å². The third kappa shape index (κ3) is 6.01. The molecule has 2 unspecified atom stereocenters. The summed E-state index contributed by atoms with van der Waals surface area (Å²) >= 11 is 0. The zero-order valence-corrected chi connectivity index (χ0v) is 18.8. The van der Waals surface area contributed by atoms with E-state index in [0.717, 1.165) is 23.8 Å². The van der Waals surface area contributed by atoms with Crippen LogP contribution in [0.25, 0.3) is 0 Å². The van der Waals surface area contributed by atoms with Crippen molar-refractivity contribution in [3.63, 3.8) is 0 Å². The van der Waals surface area contributed by atoms with Gasteiger partial charge in [0.15, 0.2) is 17.6 Å². The van der Waals surface area contributed by atoms with Crippen molar-refractivity contribution in [2.75, 3.05) is 19.8 Å². The molecule has 0 fully saturated rings. The van der Waals surface area contributed by atoms with Crippen molar-refractivity contribution in [2.24, 2.45) is 10.9 Å². The Morgan fingerprint density at radius 2 is 1.84 bits per heavy atom. The van der Waals surface area contributed by atoms with E-state index in [1.807, 2.05) is 30.3 Å². The van der Waals surface area contributed by atoms with E-state index in [0.29, 0.717) is 25.7 Å². The number of aliphatic imine (C=N–C) groups is 1. The van der Waals surface area contributed by atoms with Gasteiger partial charge in [-0.25, -0.2) is 0 Å². The minimum Gasteiger partial charge on any atom is -0.486 e. The molecule has 2 aliphatic rings. The number of ether oxygens (including phenoxy) is 3. The average molecular weight is 433 g/mol. The minimum absolute atomic E-state index is 0.133. The van der Waals surface area contributed by atoms with E-state index in [-0.39, 0.29) is 18.2 Å². The highest BCUT2D eigenvalue weighted by Crippen LogP contribution is 2.30. The van der Waals surface area contributed by atoms with Crippen molar-refractivity contribution in [2.45, 2.75) is 38.5 Å². The highest BCUT2D eigenvalue weighted by atomic mass is 16.6. The number of rotatable bonds is 8. The fraction of sp³-hybridized carbons (Fsp3) is 0.370. The van der Waals surface area contributed by atoms with Crippen LogP contribution in [0.3, 0.4) is 0 Å². The Balaban J connectivity index is 1.37. The second kappa shape index (κ2) is 11.0. The van der Waals surface area contributed by atoms with Crippen molar-refractivity contribution in [3.05, 3.63) is 84.5 Å². The Bertz CT molecular complexity index is 954. The SMILES string of the molecule is C[C@H](N/C(COCC1COc2ccccc2O1)=N\[C@@H](C)C1C=CC=CC1)c1ccccc1. The van der Waals surface area contributed by atoms with Crippen LogP contribution in [0.15, 0.2) is 83.9 Å². The molecule has 0 radical (unpaired) electrons. The molecular formula is C27H32N2O3. The molecule has 1 N–H and O–H groups in total. The van der Waals surface area contributed by atoms with Crippen LogP contribution in [0.1, 0.15) is 31.9 Å². The zero-order valence-electron chi connectivity index (χ0n) is 18.8. The van der Waals surface area contributed by atoms with Gasteiger partial charge in [0.1, 0.15) is 19.0 Å². The molecule has 1 aliphatic carbocycles. The van der Waals surface area contributed by atoms with Gasteiger partial charge in [-0.15, -0.1) is 0 Å². The molecule has 2 aromatic carbocycles. The number of amidine groups is 1. The monoisotopic (exact) mass is 432 g/mol. The lowest BCUT2D eigenvalue weighted by Gasteiger charge is -2.27. The first-order valence-corrected chi connectivity index (χ1v) is 11.4. The lowest BCUT2D eigenvalue weighted by atomic mass is 9.94. The minimum atomic E-state index is -0.137. The molecule has 168 valence electrons. The van der Waals surface area contributed by atoms with Crippen LogP contribution in [-0.2, 0) is 4.74 Å². The van der Waals surface area contributed by atoms with Crippen LogP contribution < -0.4 is 14.8 Å². The number of nitrogens with zero attached hydrogens (tertiary/aromatic N) is 1. The van der Waals surface area contributed by atoms with Crippen LogP contribution in [0, 0.1) is 5.92 Å². The molecule has 0 aromatic heterocycles. The predicted molar refractivity (Wildman–Crippen MR) is 128 cm³/mol. The highest BCUT2D eigenvalue weighted by Gasteiger charge is 2.21. The van der Waals surface area contributed by atoms with Crippen molar-refractivity contribution in [1.82, 2.24) is 5.32 Å². The fourth-order valence-electron chi connectivity index (χ4n) is 3.92. The van der Waals surface area contributed by atoms with Crippen LogP contribution in [-0.4, -0.2) is 37.8 Å².